The van der Waals surface area contributed by atoms with Crippen LogP contribution in [0.5, 0.6) is 0 Å². The predicted octanol–water partition coefficient (Wildman–Crippen LogP) is 2.65. The highest BCUT2D eigenvalue weighted by molar-refractivity contribution is 5.75. The van der Waals surface area contributed by atoms with Crippen molar-refractivity contribution in [2.24, 2.45) is 11.8 Å². The Morgan fingerprint density at radius 1 is 1.16 bits per heavy atom. The van der Waals surface area contributed by atoms with Crippen LogP contribution in [0, 0.1) is 11.8 Å². The molecule has 3 aliphatic rings. The Hall–Kier alpha value is -1.88. The van der Waals surface area contributed by atoms with Gasteiger partial charge in [0.15, 0.2) is 0 Å². The van der Waals surface area contributed by atoms with E-state index >= 15 is 0 Å². The Bertz CT molecular complexity index is 593. The quantitative estimate of drug-likeness (QED) is 0.861. The molecule has 0 spiro atoms. The van der Waals surface area contributed by atoms with Gasteiger partial charge >= 0.3 is 6.03 Å². The number of nitrogens with zero attached hydrogens (tertiary/aromatic N) is 3. The number of piperidine rings is 1. The number of aromatic nitrogens is 1. The van der Waals surface area contributed by atoms with Crippen molar-refractivity contribution in [3.63, 3.8) is 0 Å². The molecule has 2 aliphatic heterocycles. The minimum absolute atomic E-state index is 0.153. The fourth-order valence-corrected chi connectivity index (χ4v) is 4.43. The molecule has 2 amide bonds. The fourth-order valence-electron chi connectivity index (χ4n) is 4.43. The average Bonchev–Trinajstić information content (AvgIpc) is 3.09. The maximum Gasteiger partial charge on any atom is 0.317 e. The average molecular weight is 340 g/mol. The molecule has 1 aromatic heterocycles. The minimum atomic E-state index is 0.153. The second-order valence-electron chi connectivity index (χ2n) is 7.73. The van der Waals surface area contributed by atoms with Crippen LogP contribution in [0.1, 0.15) is 31.2 Å². The van der Waals surface area contributed by atoms with Crippen LogP contribution in [-0.2, 0) is 6.54 Å². The van der Waals surface area contributed by atoms with E-state index < -0.39 is 0 Å². The Labute approximate surface area is 150 Å². The molecule has 0 aromatic carbocycles. The summed E-state index contributed by atoms with van der Waals surface area (Å²) in [7, 11) is 0. The first-order valence-corrected chi connectivity index (χ1v) is 9.59. The molecule has 0 radical (unpaired) electrons. The van der Waals surface area contributed by atoms with E-state index in [1.54, 1.807) is 0 Å². The van der Waals surface area contributed by atoms with Crippen LogP contribution in [-0.4, -0.2) is 53.0 Å². The molecule has 1 N–H and O–H groups in total. The molecule has 1 aromatic rings. The Balaban J connectivity index is 1.21. The summed E-state index contributed by atoms with van der Waals surface area (Å²) in [5.41, 5.74) is 1.26. The molecule has 134 valence electrons. The lowest BCUT2D eigenvalue weighted by molar-refractivity contribution is 0.173. The van der Waals surface area contributed by atoms with E-state index in [4.69, 9.17) is 0 Å². The van der Waals surface area contributed by atoms with Crippen molar-refractivity contribution < 1.29 is 4.79 Å². The van der Waals surface area contributed by atoms with Gasteiger partial charge in [0, 0.05) is 51.2 Å². The van der Waals surface area contributed by atoms with Gasteiger partial charge in [-0.1, -0.05) is 18.2 Å². The summed E-state index contributed by atoms with van der Waals surface area (Å²) in [6.07, 6.45) is 12.7. The largest absolute Gasteiger partial charge is 0.335 e. The van der Waals surface area contributed by atoms with Crippen molar-refractivity contribution in [2.75, 3.05) is 26.2 Å². The van der Waals surface area contributed by atoms with E-state index in [9.17, 15) is 4.79 Å². The van der Waals surface area contributed by atoms with Crippen molar-refractivity contribution in [1.82, 2.24) is 20.1 Å². The number of fused-ring (bicyclic) bond motifs is 1. The SMILES string of the molecule is O=C(NC1CCN(Cc2cccnc2)CC1)N1C[C@H]2CC=CC[C@H]2C1. The Kier molecular flexibility index (Phi) is 5.02. The number of allylic oxidation sites excluding steroid dienone is 2. The van der Waals surface area contributed by atoms with E-state index in [1.807, 2.05) is 23.4 Å². The Morgan fingerprint density at radius 2 is 1.88 bits per heavy atom. The lowest BCUT2D eigenvalue weighted by atomic mass is 9.86. The molecule has 0 bridgehead atoms. The topological polar surface area (TPSA) is 48.5 Å². The zero-order valence-corrected chi connectivity index (χ0v) is 14.8. The number of hydrogen-bond acceptors (Lipinski definition) is 3. The van der Waals surface area contributed by atoms with E-state index in [0.717, 1.165) is 58.4 Å². The summed E-state index contributed by atoms with van der Waals surface area (Å²) in [6.45, 7) is 4.89. The predicted molar refractivity (Wildman–Crippen MR) is 98.0 cm³/mol. The van der Waals surface area contributed by atoms with Crippen molar-refractivity contribution in [2.45, 2.75) is 38.3 Å². The smallest absolute Gasteiger partial charge is 0.317 e. The van der Waals surface area contributed by atoms with Crippen molar-refractivity contribution in [3.8, 4) is 0 Å². The molecule has 5 nitrogen and oxygen atoms in total. The van der Waals surface area contributed by atoms with Crippen LogP contribution in [0.15, 0.2) is 36.7 Å². The van der Waals surface area contributed by atoms with Crippen molar-refractivity contribution in [3.05, 3.63) is 42.2 Å². The molecule has 0 unspecified atom stereocenters. The summed E-state index contributed by atoms with van der Waals surface area (Å²) in [6, 6.07) is 4.59. The number of hydrogen-bond donors (Lipinski definition) is 1. The van der Waals surface area contributed by atoms with Gasteiger partial charge in [-0.15, -0.1) is 0 Å². The summed E-state index contributed by atoms with van der Waals surface area (Å²) in [4.78, 5) is 21.3. The van der Waals surface area contributed by atoms with Gasteiger partial charge in [0.2, 0.25) is 0 Å². The fraction of sp³-hybridized carbons (Fsp3) is 0.600. The van der Waals surface area contributed by atoms with E-state index in [0.29, 0.717) is 17.9 Å². The molecule has 2 fully saturated rings. The van der Waals surface area contributed by atoms with Crippen molar-refractivity contribution >= 4 is 6.03 Å². The zero-order chi connectivity index (χ0) is 17.1. The molecular weight excluding hydrogens is 312 g/mol. The van der Waals surface area contributed by atoms with Crippen LogP contribution in [0.3, 0.4) is 0 Å². The molecule has 25 heavy (non-hydrogen) atoms. The lowest BCUT2D eigenvalue weighted by Crippen LogP contribution is -2.48. The number of nitrogens with one attached hydrogen (secondary N) is 1. The molecule has 4 rings (SSSR count). The van der Waals surface area contributed by atoms with Crippen LogP contribution in [0.2, 0.25) is 0 Å². The molecule has 1 aliphatic carbocycles. The molecule has 0 saturated carbocycles. The van der Waals surface area contributed by atoms with Gasteiger partial charge in [-0.3, -0.25) is 9.88 Å². The summed E-state index contributed by atoms with van der Waals surface area (Å²) in [5, 5.41) is 3.28. The third kappa shape index (κ3) is 4.03. The number of rotatable bonds is 3. The maximum atomic E-state index is 12.6. The number of carbonyl (C=O) groups is 1. The number of pyridine rings is 1. The van der Waals surface area contributed by atoms with Gasteiger partial charge in [-0.05, 0) is 49.1 Å². The molecule has 3 heterocycles. The zero-order valence-electron chi connectivity index (χ0n) is 14.8. The van der Waals surface area contributed by atoms with Crippen LogP contribution in [0.25, 0.3) is 0 Å². The molecule has 2 atom stereocenters. The number of urea groups is 1. The first kappa shape index (κ1) is 16.6. The number of likely N-dealkylation sites (tertiary alicyclic amines) is 2. The third-order valence-corrected chi connectivity index (χ3v) is 5.95. The minimum Gasteiger partial charge on any atom is -0.335 e. The molecule has 5 heteroatoms. The van der Waals surface area contributed by atoms with E-state index in [1.165, 1.54) is 5.56 Å². The second kappa shape index (κ2) is 7.56. The maximum absolute atomic E-state index is 12.6. The Morgan fingerprint density at radius 3 is 2.52 bits per heavy atom. The highest BCUT2D eigenvalue weighted by Gasteiger charge is 2.35. The van der Waals surface area contributed by atoms with Gasteiger partial charge in [0.05, 0.1) is 0 Å². The third-order valence-electron chi connectivity index (χ3n) is 5.95. The van der Waals surface area contributed by atoms with E-state index in [-0.39, 0.29) is 6.03 Å². The number of carbonyl (C=O) groups excluding carboxylic acids is 1. The standard InChI is InChI=1S/C20H28N4O/c25-20(24-14-17-5-1-2-6-18(17)15-24)22-19-7-10-23(11-8-19)13-16-4-3-9-21-12-16/h1-4,9,12,17-19H,5-8,10-11,13-15H2,(H,22,25)/t17-,18+. The first-order valence-electron chi connectivity index (χ1n) is 9.59. The molecular formula is C20H28N4O. The van der Waals surface area contributed by atoms with Gasteiger partial charge in [0.25, 0.3) is 0 Å². The van der Waals surface area contributed by atoms with Crippen LogP contribution < -0.4 is 5.32 Å². The van der Waals surface area contributed by atoms with Gasteiger partial charge in [0.1, 0.15) is 0 Å². The normalized spacial score (nSPS) is 27.3. The monoisotopic (exact) mass is 340 g/mol. The van der Waals surface area contributed by atoms with Crippen LogP contribution in [0.4, 0.5) is 4.79 Å². The summed E-state index contributed by atoms with van der Waals surface area (Å²) < 4.78 is 0. The van der Waals surface area contributed by atoms with Gasteiger partial charge in [-0.2, -0.15) is 0 Å². The summed E-state index contributed by atoms with van der Waals surface area (Å²) in [5.74, 6) is 1.36. The molecule has 2 saturated heterocycles. The van der Waals surface area contributed by atoms with Crippen LogP contribution >= 0.6 is 0 Å². The highest BCUT2D eigenvalue weighted by Crippen LogP contribution is 2.32. The lowest BCUT2D eigenvalue weighted by Gasteiger charge is -2.33. The van der Waals surface area contributed by atoms with Gasteiger partial charge in [-0.25, -0.2) is 4.79 Å². The van der Waals surface area contributed by atoms with Crippen molar-refractivity contribution in [1.29, 1.82) is 0 Å². The second-order valence-corrected chi connectivity index (χ2v) is 7.73. The first-order chi connectivity index (χ1) is 12.3. The van der Waals surface area contributed by atoms with Gasteiger partial charge < -0.3 is 10.2 Å². The van der Waals surface area contributed by atoms with E-state index in [2.05, 4.69) is 33.4 Å². The highest BCUT2D eigenvalue weighted by atomic mass is 16.2. The summed E-state index contributed by atoms with van der Waals surface area (Å²) >= 11 is 0. The number of amides is 2.